The van der Waals surface area contributed by atoms with Crippen LogP contribution in [0.3, 0.4) is 0 Å². The van der Waals surface area contributed by atoms with Gasteiger partial charge in [0.1, 0.15) is 42.8 Å². The van der Waals surface area contributed by atoms with Crippen LogP contribution in [-0.2, 0) is 60.8 Å². The van der Waals surface area contributed by atoms with Gasteiger partial charge in [0.25, 0.3) is 0 Å². The number of nitrogens with zero attached hydrogens (tertiary/aromatic N) is 4. The fourth-order valence-corrected chi connectivity index (χ4v) is 8.81. The SMILES string of the molecule is CCC(C)[C@H](NC(=O)CN(CCN)C(=O)CNC(=O)[C@@H](NC(=O)[C@@H](NC(=O)[C@H](Cc1cnc[nH]1)NC(=O)[C@@H](Cc1ccccc1)NC(=O)[C@H](C)NC(=O)[C@@H](N)CCCN=C(N)N)[C@@H](C)O)[C@@H](C)O)C(=O)N(CC(=O)O)C1CCCCC1. The minimum absolute atomic E-state index is 0.0902. The van der Waals surface area contributed by atoms with Crippen molar-refractivity contribution in [2.24, 2.45) is 33.8 Å². The third-order valence-electron chi connectivity index (χ3n) is 13.6. The number of imidazole rings is 1. The van der Waals surface area contributed by atoms with Gasteiger partial charge in [0.15, 0.2) is 5.96 Å². The molecular formula is C52H84N16O13. The number of amides is 9. The Balaban J connectivity index is 1.75. The molecule has 3 rings (SSSR count). The molecule has 81 heavy (non-hydrogen) atoms. The molecule has 19 N–H and O–H groups in total. The number of H-pyrrole nitrogens is 1. The molecule has 0 saturated heterocycles. The van der Waals surface area contributed by atoms with Gasteiger partial charge in [-0.3, -0.25) is 52.9 Å². The number of aliphatic hydroxyl groups is 2. The number of benzene rings is 1. The number of guanidine groups is 1. The fourth-order valence-electron chi connectivity index (χ4n) is 8.81. The summed E-state index contributed by atoms with van der Waals surface area (Å²) in [5, 5.41) is 48.7. The van der Waals surface area contributed by atoms with E-state index in [1.807, 2.05) is 6.92 Å². The van der Waals surface area contributed by atoms with Crippen molar-refractivity contribution in [1.29, 1.82) is 0 Å². The Labute approximate surface area is 470 Å². The highest BCUT2D eigenvalue weighted by molar-refractivity contribution is 5.98. The van der Waals surface area contributed by atoms with E-state index in [4.69, 9.17) is 22.9 Å². The Morgan fingerprint density at radius 3 is 1.94 bits per heavy atom. The quantitative estimate of drug-likeness (QED) is 0.0178. The summed E-state index contributed by atoms with van der Waals surface area (Å²) in [4.78, 5) is 148. The number of aliphatic imine (C=N–C) groups is 1. The fraction of sp³-hybridized carbons (Fsp3) is 0.615. The first-order valence-electron chi connectivity index (χ1n) is 27.1. The van der Waals surface area contributed by atoms with Gasteiger partial charge in [-0.2, -0.15) is 0 Å². The summed E-state index contributed by atoms with van der Waals surface area (Å²) in [6.07, 6.45) is 3.89. The monoisotopic (exact) mass is 1140 g/mol. The minimum atomic E-state index is -1.83. The third kappa shape index (κ3) is 23.1. The molecule has 0 bridgehead atoms. The molecule has 29 heteroatoms. The lowest BCUT2D eigenvalue weighted by molar-refractivity contribution is -0.149. The van der Waals surface area contributed by atoms with Crippen molar-refractivity contribution in [3.8, 4) is 0 Å². The van der Waals surface area contributed by atoms with Crippen LogP contribution in [-0.4, -0.2) is 200 Å². The second kappa shape index (κ2) is 34.4. The van der Waals surface area contributed by atoms with E-state index >= 15 is 0 Å². The molecular weight excluding hydrogens is 1060 g/mol. The van der Waals surface area contributed by atoms with Crippen molar-refractivity contribution in [3.05, 3.63) is 54.1 Å². The molecule has 2 aromatic rings. The summed E-state index contributed by atoms with van der Waals surface area (Å²) >= 11 is 0. The molecule has 1 heterocycles. The molecule has 29 nitrogen and oxygen atoms in total. The number of rotatable bonds is 34. The number of carboxylic acids is 1. The Hall–Kier alpha value is -7.76. The van der Waals surface area contributed by atoms with Gasteiger partial charge in [0, 0.05) is 50.4 Å². The number of carbonyl (C=O) groups excluding carboxylic acids is 9. The van der Waals surface area contributed by atoms with Crippen molar-refractivity contribution in [2.45, 2.75) is 159 Å². The molecule has 10 atom stereocenters. The molecule has 1 fully saturated rings. The van der Waals surface area contributed by atoms with Gasteiger partial charge in [-0.25, -0.2) is 4.98 Å². The summed E-state index contributed by atoms with van der Waals surface area (Å²) in [7, 11) is 0. The smallest absolute Gasteiger partial charge is 0.323 e. The normalized spacial score (nSPS) is 16.1. The molecule has 1 aliphatic carbocycles. The van der Waals surface area contributed by atoms with E-state index in [1.165, 1.54) is 24.3 Å². The van der Waals surface area contributed by atoms with E-state index in [1.54, 1.807) is 37.3 Å². The molecule has 1 saturated carbocycles. The highest BCUT2D eigenvalue weighted by Gasteiger charge is 2.38. The zero-order chi connectivity index (χ0) is 60.3. The van der Waals surface area contributed by atoms with Gasteiger partial charge >= 0.3 is 5.97 Å². The van der Waals surface area contributed by atoms with E-state index in [0.29, 0.717) is 36.9 Å². The summed E-state index contributed by atoms with van der Waals surface area (Å²) in [5.74, 6) is -9.45. The van der Waals surface area contributed by atoms with Gasteiger partial charge in [0.05, 0.1) is 37.7 Å². The predicted molar refractivity (Wildman–Crippen MR) is 295 cm³/mol. The van der Waals surface area contributed by atoms with Crippen LogP contribution < -0.4 is 60.2 Å². The van der Waals surface area contributed by atoms with Crippen LogP contribution in [0.5, 0.6) is 0 Å². The van der Waals surface area contributed by atoms with Crippen LogP contribution in [0.2, 0.25) is 0 Å². The lowest BCUT2D eigenvalue weighted by Crippen LogP contribution is -2.62. The molecule has 0 aliphatic heterocycles. The zero-order valence-electron chi connectivity index (χ0n) is 46.7. The van der Waals surface area contributed by atoms with Crippen LogP contribution in [0.1, 0.15) is 97.2 Å². The number of carbonyl (C=O) groups is 10. The van der Waals surface area contributed by atoms with Gasteiger partial charge in [-0.1, -0.05) is 69.9 Å². The number of aromatic amines is 1. The number of nitrogens with two attached hydrogens (primary N) is 4. The first-order chi connectivity index (χ1) is 38.4. The van der Waals surface area contributed by atoms with Crippen molar-refractivity contribution in [2.75, 3.05) is 39.3 Å². The Morgan fingerprint density at radius 1 is 0.753 bits per heavy atom. The van der Waals surface area contributed by atoms with Crippen molar-refractivity contribution in [3.63, 3.8) is 0 Å². The lowest BCUT2D eigenvalue weighted by atomic mass is 9.91. The number of aromatic nitrogens is 2. The van der Waals surface area contributed by atoms with Crippen LogP contribution in [0.4, 0.5) is 0 Å². The summed E-state index contributed by atoms with van der Waals surface area (Å²) < 4.78 is 0. The highest BCUT2D eigenvalue weighted by Crippen LogP contribution is 2.24. The molecule has 0 radical (unpaired) electrons. The van der Waals surface area contributed by atoms with Crippen molar-refractivity contribution >= 4 is 65.1 Å². The van der Waals surface area contributed by atoms with Crippen molar-refractivity contribution < 1.29 is 63.3 Å². The summed E-state index contributed by atoms with van der Waals surface area (Å²) in [5.41, 5.74) is 23.4. The molecule has 0 spiro atoms. The Kier molecular flexibility index (Phi) is 28.7. The van der Waals surface area contributed by atoms with Crippen LogP contribution >= 0.6 is 0 Å². The maximum Gasteiger partial charge on any atom is 0.323 e. The first-order valence-corrected chi connectivity index (χ1v) is 27.1. The highest BCUT2D eigenvalue weighted by atomic mass is 16.4. The van der Waals surface area contributed by atoms with Gasteiger partial charge in [-0.15, -0.1) is 0 Å². The summed E-state index contributed by atoms with van der Waals surface area (Å²) in [6, 6.07) is -1.59. The van der Waals surface area contributed by atoms with E-state index in [9.17, 15) is 63.3 Å². The van der Waals surface area contributed by atoms with E-state index in [0.717, 1.165) is 38.0 Å². The molecule has 1 aromatic carbocycles. The molecule has 450 valence electrons. The maximum atomic E-state index is 14.2. The topological polar surface area (TPSA) is 467 Å². The number of nitrogens with one attached hydrogen (secondary N) is 8. The number of hydrogen-bond donors (Lipinski definition) is 15. The third-order valence-corrected chi connectivity index (χ3v) is 13.6. The van der Waals surface area contributed by atoms with E-state index in [2.05, 4.69) is 52.2 Å². The number of carboxylic acid groups (broad SMARTS) is 1. The van der Waals surface area contributed by atoms with Crippen LogP contribution in [0.25, 0.3) is 0 Å². The molecule has 1 aromatic heterocycles. The average Bonchev–Trinajstić information content (AvgIpc) is 3.95. The van der Waals surface area contributed by atoms with Gasteiger partial charge in [0.2, 0.25) is 53.2 Å². The standard InChI is InChI=1S/C52H84N16O13/c1-6-29(2)42(51(81)68(27-41(73)74)35-16-11-8-12-17-35)64-39(71)26-67(21-19-53)40(72)25-59-49(79)43(31(4)69)66-50(80)44(32(5)70)65-48(78)38(23-34-24-57-28-60-34)63-47(77)37(22-33-14-9-7-10-15-33)62-45(75)30(3)61-46(76)36(54)18-13-20-58-52(55)56/h7,9-10,14-15,24,28-32,35-38,42-44,69-70H,6,8,11-13,16-23,25-27,53-54H2,1-5H3,(H,57,60)(H,59,79)(H,61,76)(H,62,75)(H,63,77)(H,64,71)(H,65,78)(H,66,80)(H,73,74)(H4,55,56,58)/t29?,30-,31+,32+,36-,37+,38-,42-,43-,44-/m0/s1. The maximum absolute atomic E-state index is 14.2. The van der Waals surface area contributed by atoms with E-state index in [-0.39, 0.29) is 50.9 Å². The number of hydrogen-bond acceptors (Lipinski definition) is 16. The molecule has 1 unspecified atom stereocenters. The summed E-state index contributed by atoms with van der Waals surface area (Å²) in [6.45, 7) is 5.24. The minimum Gasteiger partial charge on any atom is -0.480 e. The van der Waals surface area contributed by atoms with Gasteiger partial charge < -0.3 is 90.3 Å². The first kappa shape index (κ1) is 67.5. The van der Waals surface area contributed by atoms with E-state index < -0.39 is 139 Å². The number of aliphatic carboxylic acids is 1. The zero-order valence-corrected chi connectivity index (χ0v) is 46.7. The van der Waals surface area contributed by atoms with Gasteiger partial charge in [-0.05, 0) is 57.9 Å². The molecule has 1 aliphatic rings. The second-order valence-corrected chi connectivity index (χ2v) is 20.2. The Bertz CT molecular complexity index is 2420. The lowest BCUT2D eigenvalue weighted by Gasteiger charge is -2.37. The van der Waals surface area contributed by atoms with Crippen molar-refractivity contribution in [1.82, 2.24) is 57.0 Å². The average molecular weight is 1140 g/mol. The number of aliphatic hydroxyl groups excluding tert-OH is 2. The van der Waals surface area contributed by atoms with Crippen LogP contribution in [0.15, 0.2) is 47.8 Å². The second-order valence-electron chi connectivity index (χ2n) is 20.2. The predicted octanol–water partition coefficient (Wildman–Crippen LogP) is -4.54. The molecule has 9 amide bonds. The largest absolute Gasteiger partial charge is 0.480 e. The van der Waals surface area contributed by atoms with Crippen LogP contribution in [0, 0.1) is 5.92 Å². The Morgan fingerprint density at radius 2 is 1.36 bits per heavy atom.